The molecule has 1 fully saturated rings. The number of benzene rings is 1. The molecule has 0 bridgehead atoms. The lowest BCUT2D eigenvalue weighted by Crippen LogP contribution is -2.30. The normalized spacial score (nSPS) is 20.1. The molecule has 1 saturated heterocycles. The maximum Gasteiger partial charge on any atom is 0.227 e. The Morgan fingerprint density at radius 1 is 1.44 bits per heavy atom. The largest absolute Gasteiger partial charge is 0.391 e. The van der Waals surface area contributed by atoms with E-state index in [4.69, 9.17) is 11.6 Å². The van der Waals surface area contributed by atoms with Crippen LogP contribution < -0.4 is 0 Å². The molecular formula is C12H14ClNO2. The van der Waals surface area contributed by atoms with E-state index in [0.717, 1.165) is 5.56 Å². The van der Waals surface area contributed by atoms with Gasteiger partial charge in [0.25, 0.3) is 0 Å². The third kappa shape index (κ3) is 2.74. The molecule has 1 aromatic carbocycles. The minimum absolute atomic E-state index is 0.0684. The zero-order valence-corrected chi connectivity index (χ0v) is 9.65. The average molecular weight is 240 g/mol. The van der Waals surface area contributed by atoms with Crippen molar-refractivity contribution in [2.24, 2.45) is 0 Å². The minimum Gasteiger partial charge on any atom is -0.391 e. The second-order valence-corrected chi connectivity index (χ2v) is 4.52. The number of halogens is 1. The molecule has 0 spiro atoms. The molecule has 4 heteroatoms. The third-order valence-corrected chi connectivity index (χ3v) is 3.04. The van der Waals surface area contributed by atoms with Crippen LogP contribution in [0.3, 0.4) is 0 Å². The first-order chi connectivity index (χ1) is 7.65. The van der Waals surface area contributed by atoms with Gasteiger partial charge in [0.2, 0.25) is 5.91 Å². The van der Waals surface area contributed by atoms with E-state index < -0.39 is 0 Å². The number of amides is 1. The van der Waals surface area contributed by atoms with E-state index >= 15 is 0 Å². The van der Waals surface area contributed by atoms with E-state index in [1.807, 2.05) is 12.1 Å². The zero-order valence-electron chi connectivity index (χ0n) is 8.90. The second kappa shape index (κ2) is 4.85. The molecule has 1 heterocycles. The molecule has 1 aromatic rings. The summed E-state index contributed by atoms with van der Waals surface area (Å²) < 4.78 is 0. The fourth-order valence-electron chi connectivity index (χ4n) is 1.86. The smallest absolute Gasteiger partial charge is 0.227 e. The Kier molecular flexibility index (Phi) is 3.46. The Morgan fingerprint density at radius 2 is 2.12 bits per heavy atom. The third-order valence-electron chi connectivity index (χ3n) is 2.78. The summed E-state index contributed by atoms with van der Waals surface area (Å²) in [5, 5.41) is 10.0. The van der Waals surface area contributed by atoms with E-state index in [-0.39, 0.29) is 12.0 Å². The summed E-state index contributed by atoms with van der Waals surface area (Å²) in [5.74, 6) is 0.0684. The summed E-state index contributed by atoms with van der Waals surface area (Å²) >= 11 is 5.77. The number of carbonyl (C=O) groups excluding carboxylic acids is 1. The number of nitrogens with zero attached hydrogens (tertiary/aromatic N) is 1. The molecule has 0 radical (unpaired) electrons. The minimum atomic E-state index is -0.353. The van der Waals surface area contributed by atoms with Crippen molar-refractivity contribution in [3.63, 3.8) is 0 Å². The van der Waals surface area contributed by atoms with Crippen LogP contribution in [0.25, 0.3) is 0 Å². The number of aliphatic hydroxyl groups excluding tert-OH is 1. The fraction of sp³-hybridized carbons (Fsp3) is 0.417. The fourth-order valence-corrected chi connectivity index (χ4v) is 1.98. The van der Waals surface area contributed by atoms with Crippen molar-refractivity contribution in [3.05, 3.63) is 34.9 Å². The van der Waals surface area contributed by atoms with E-state index in [1.165, 1.54) is 0 Å². The van der Waals surface area contributed by atoms with Crippen molar-refractivity contribution in [2.75, 3.05) is 13.1 Å². The Balaban J connectivity index is 1.94. The number of hydrogen-bond acceptors (Lipinski definition) is 2. The van der Waals surface area contributed by atoms with Gasteiger partial charge in [-0.2, -0.15) is 0 Å². The molecule has 0 unspecified atom stereocenters. The van der Waals surface area contributed by atoms with Gasteiger partial charge < -0.3 is 10.0 Å². The number of rotatable bonds is 2. The van der Waals surface area contributed by atoms with Crippen LogP contribution >= 0.6 is 11.6 Å². The molecule has 0 aliphatic carbocycles. The van der Waals surface area contributed by atoms with Crippen LogP contribution in [0.15, 0.2) is 24.3 Å². The topological polar surface area (TPSA) is 40.5 Å². The lowest BCUT2D eigenvalue weighted by atomic mass is 10.1. The van der Waals surface area contributed by atoms with Gasteiger partial charge in [0, 0.05) is 18.1 Å². The number of likely N-dealkylation sites (tertiary alicyclic amines) is 1. The highest BCUT2D eigenvalue weighted by Crippen LogP contribution is 2.13. The molecule has 16 heavy (non-hydrogen) atoms. The van der Waals surface area contributed by atoms with E-state index in [9.17, 15) is 9.90 Å². The van der Waals surface area contributed by atoms with Gasteiger partial charge in [0.1, 0.15) is 0 Å². The summed E-state index contributed by atoms with van der Waals surface area (Å²) in [7, 11) is 0. The van der Waals surface area contributed by atoms with E-state index in [1.54, 1.807) is 17.0 Å². The molecule has 3 nitrogen and oxygen atoms in total. The van der Waals surface area contributed by atoms with Crippen LogP contribution in [0.4, 0.5) is 0 Å². The summed E-state index contributed by atoms with van der Waals surface area (Å²) in [6.45, 7) is 1.13. The molecule has 2 rings (SSSR count). The summed E-state index contributed by atoms with van der Waals surface area (Å²) in [6.07, 6.45) is 0.713. The van der Waals surface area contributed by atoms with Crippen LogP contribution in [0.1, 0.15) is 12.0 Å². The molecule has 0 aromatic heterocycles. The zero-order chi connectivity index (χ0) is 11.5. The van der Waals surface area contributed by atoms with Crippen molar-refractivity contribution < 1.29 is 9.90 Å². The number of carbonyl (C=O) groups is 1. The Labute approximate surface area is 99.6 Å². The lowest BCUT2D eigenvalue weighted by molar-refractivity contribution is -0.129. The van der Waals surface area contributed by atoms with Crippen LogP contribution in [0, 0.1) is 0 Å². The molecule has 1 N–H and O–H groups in total. The first-order valence-electron chi connectivity index (χ1n) is 5.35. The number of hydrogen-bond donors (Lipinski definition) is 1. The molecule has 1 aliphatic heterocycles. The van der Waals surface area contributed by atoms with Crippen LogP contribution in [0.2, 0.25) is 5.02 Å². The van der Waals surface area contributed by atoms with Gasteiger partial charge in [-0.25, -0.2) is 0 Å². The van der Waals surface area contributed by atoms with Crippen molar-refractivity contribution in [1.82, 2.24) is 4.90 Å². The van der Waals surface area contributed by atoms with Crippen molar-refractivity contribution >= 4 is 17.5 Å². The van der Waals surface area contributed by atoms with Gasteiger partial charge in [0.05, 0.1) is 12.5 Å². The molecule has 1 amide bonds. The Hall–Kier alpha value is -1.06. The van der Waals surface area contributed by atoms with Gasteiger partial charge in [-0.1, -0.05) is 23.7 Å². The van der Waals surface area contributed by atoms with Crippen molar-refractivity contribution in [2.45, 2.75) is 18.9 Å². The number of β-amino-alcohol motifs (C(OH)–C–C–N with tert-alkyl or cyclic N) is 1. The average Bonchev–Trinajstić information content (AvgIpc) is 2.68. The highest BCUT2D eigenvalue weighted by atomic mass is 35.5. The van der Waals surface area contributed by atoms with Gasteiger partial charge in [-0.3, -0.25) is 4.79 Å². The predicted molar refractivity (Wildman–Crippen MR) is 62.4 cm³/mol. The highest BCUT2D eigenvalue weighted by Gasteiger charge is 2.24. The van der Waals surface area contributed by atoms with Gasteiger partial charge in [0.15, 0.2) is 0 Å². The monoisotopic (exact) mass is 239 g/mol. The predicted octanol–water partition coefficient (Wildman–Crippen LogP) is 1.48. The van der Waals surface area contributed by atoms with Crippen molar-refractivity contribution in [3.8, 4) is 0 Å². The molecule has 1 atom stereocenters. The maximum atomic E-state index is 11.8. The van der Waals surface area contributed by atoms with E-state index in [0.29, 0.717) is 31.0 Å². The molecular weight excluding hydrogens is 226 g/mol. The molecule has 1 aliphatic rings. The number of aliphatic hydroxyl groups is 1. The Morgan fingerprint density at radius 3 is 2.69 bits per heavy atom. The SMILES string of the molecule is O=C(Cc1ccc(Cl)cc1)N1CC[C@@H](O)C1. The second-order valence-electron chi connectivity index (χ2n) is 4.09. The van der Waals surface area contributed by atoms with Crippen molar-refractivity contribution in [1.29, 1.82) is 0 Å². The summed E-state index contributed by atoms with van der Waals surface area (Å²) in [6, 6.07) is 7.27. The highest BCUT2D eigenvalue weighted by molar-refractivity contribution is 6.30. The van der Waals surface area contributed by atoms with E-state index in [2.05, 4.69) is 0 Å². The quantitative estimate of drug-likeness (QED) is 0.849. The lowest BCUT2D eigenvalue weighted by Gasteiger charge is -2.15. The first-order valence-corrected chi connectivity index (χ1v) is 5.73. The van der Waals surface area contributed by atoms with Crippen LogP contribution in [0.5, 0.6) is 0 Å². The van der Waals surface area contributed by atoms with Crippen LogP contribution in [-0.2, 0) is 11.2 Å². The van der Waals surface area contributed by atoms with Crippen LogP contribution in [-0.4, -0.2) is 35.1 Å². The van der Waals surface area contributed by atoms with Gasteiger partial charge in [-0.15, -0.1) is 0 Å². The standard InChI is InChI=1S/C12H14ClNO2/c13-10-3-1-9(2-4-10)7-12(16)14-6-5-11(15)8-14/h1-4,11,15H,5-8H2/t11-/m1/s1. The van der Waals surface area contributed by atoms with Gasteiger partial charge >= 0.3 is 0 Å². The summed E-state index contributed by atoms with van der Waals surface area (Å²) in [5.41, 5.74) is 0.954. The molecule has 86 valence electrons. The van der Waals surface area contributed by atoms with Gasteiger partial charge in [-0.05, 0) is 24.1 Å². The Bertz CT molecular complexity index is 377. The first kappa shape index (κ1) is 11.4. The summed E-state index contributed by atoms with van der Waals surface area (Å²) in [4.78, 5) is 13.5. The maximum absolute atomic E-state index is 11.8. The molecule has 0 saturated carbocycles.